The standard InChI is InChI=1S/C21H17N3O5S/c1-29-15-4-6-16(7-5-15)30(27,28)17-8-9-18-14(11-17)12-23-24(21(18)26)13-19-20(25)3-2-10-22-19/h2-12,25H,13H2,1H3. The van der Waals surface area contributed by atoms with Gasteiger partial charge < -0.3 is 9.84 Å². The molecule has 0 spiro atoms. The molecular weight excluding hydrogens is 406 g/mol. The fraction of sp³-hybridized carbons (Fsp3) is 0.0952. The van der Waals surface area contributed by atoms with E-state index in [0.29, 0.717) is 22.2 Å². The molecule has 8 nitrogen and oxygen atoms in total. The monoisotopic (exact) mass is 423 g/mol. The maximum absolute atomic E-state index is 12.9. The number of aromatic nitrogens is 3. The van der Waals surface area contributed by atoms with E-state index in [1.54, 1.807) is 18.2 Å². The van der Waals surface area contributed by atoms with Gasteiger partial charge in [-0.25, -0.2) is 13.1 Å². The molecule has 9 heteroatoms. The third kappa shape index (κ3) is 3.50. The summed E-state index contributed by atoms with van der Waals surface area (Å²) in [6.07, 6.45) is 2.93. The number of nitrogens with zero attached hydrogens (tertiary/aromatic N) is 3. The van der Waals surface area contributed by atoms with Crippen molar-refractivity contribution in [3.05, 3.63) is 83.0 Å². The van der Waals surface area contributed by atoms with Gasteiger partial charge in [-0.15, -0.1) is 0 Å². The molecule has 0 saturated heterocycles. The van der Waals surface area contributed by atoms with Gasteiger partial charge >= 0.3 is 0 Å². The highest BCUT2D eigenvalue weighted by Crippen LogP contribution is 2.25. The summed E-state index contributed by atoms with van der Waals surface area (Å²) in [4.78, 5) is 17.0. The van der Waals surface area contributed by atoms with Crippen molar-refractivity contribution in [1.82, 2.24) is 14.8 Å². The number of aromatic hydroxyl groups is 1. The van der Waals surface area contributed by atoms with Crippen LogP contribution in [0, 0.1) is 0 Å². The molecule has 4 aromatic rings. The number of hydrogen-bond donors (Lipinski definition) is 1. The second kappa shape index (κ2) is 7.60. The Morgan fingerprint density at radius 2 is 1.80 bits per heavy atom. The van der Waals surface area contributed by atoms with E-state index >= 15 is 0 Å². The van der Waals surface area contributed by atoms with Crippen LogP contribution >= 0.6 is 0 Å². The van der Waals surface area contributed by atoms with Gasteiger partial charge in [0.15, 0.2) is 0 Å². The molecule has 0 fully saturated rings. The average molecular weight is 423 g/mol. The number of methoxy groups -OCH3 is 1. The van der Waals surface area contributed by atoms with Crippen LogP contribution in [0.5, 0.6) is 11.5 Å². The molecular formula is C21H17N3O5S. The van der Waals surface area contributed by atoms with Gasteiger partial charge in [0, 0.05) is 11.6 Å². The second-order valence-corrected chi connectivity index (χ2v) is 8.45. The zero-order valence-corrected chi connectivity index (χ0v) is 16.7. The Kier molecular flexibility index (Phi) is 4.96. The predicted octanol–water partition coefficient (Wildman–Crippen LogP) is 2.39. The van der Waals surface area contributed by atoms with Crippen molar-refractivity contribution >= 4 is 20.6 Å². The summed E-state index contributed by atoms with van der Waals surface area (Å²) in [6.45, 7) is -0.00660. The van der Waals surface area contributed by atoms with Gasteiger partial charge in [0.2, 0.25) is 9.84 Å². The van der Waals surface area contributed by atoms with E-state index in [0.717, 1.165) is 0 Å². The van der Waals surface area contributed by atoms with Gasteiger partial charge in [-0.1, -0.05) is 0 Å². The first-order valence-corrected chi connectivity index (χ1v) is 10.4. The highest BCUT2D eigenvalue weighted by atomic mass is 32.2. The van der Waals surface area contributed by atoms with Crippen LogP contribution < -0.4 is 10.3 Å². The third-order valence-corrected chi connectivity index (χ3v) is 6.44. The lowest BCUT2D eigenvalue weighted by atomic mass is 10.2. The minimum absolute atomic E-state index is 0.00660. The summed E-state index contributed by atoms with van der Waals surface area (Å²) in [7, 11) is -2.27. The number of pyridine rings is 1. The first kappa shape index (κ1) is 19.6. The van der Waals surface area contributed by atoms with Gasteiger partial charge in [-0.3, -0.25) is 9.78 Å². The molecule has 0 aliphatic rings. The van der Waals surface area contributed by atoms with Crippen molar-refractivity contribution in [2.45, 2.75) is 16.3 Å². The number of benzene rings is 2. The van der Waals surface area contributed by atoms with Crippen LogP contribution in [0.4, 0.5) is 0 Å². The molecule has 0 unspecified atom stereocenters. The quantitative estimate of drug-likeness (QED) is 0.525. The zero-order chi connectivity index (χ0) is 21.3. The van der Waals surface area contributed by atoms with Crippen LogP contribution in [0.1, 0.15) is 5.69 Å². The van der Waals surface area contributed by atoms with E-state index in [1.807, 2.05) is 0 Å². The Balaban J connectivity index is 1.73. The van der Waals surface area contributed by atoms with Crippen molar-refractivity contribution in [3.63, 3.8) is 0 Å². The first-order chi connectivity index (χ1) is 14.4. The van der Waals surface area contributed by atoms with Gasteiger partial charge in [0.25, 0.3) is 5.56 Å². The SMILES string of the molecule is COc1ccc(S(=O)(=O)c2ccc3c(=O)n(Cc4ncccc4O)ncc3c2)cc1. The summed E-state index contributed by atoms with van der Waals surface area (Å²) < 4.78 is 32.1. The molecule has 0 radical (unpaired) electrons. The second-order valence-electron chi connectivity index (χ2n) is 6.50. The maximum atomic E-state index is 12.9. The van der Waals surface area contributed by atoms with Crippen LogP contribution in [-0.4, -0.2) is 35.4 Å². The Hall–Kier alpha value is -3.72. The Morgan fingerprint density at radius 1 is 1.07 bits per heavy atom. The van der Waals surface area contributed by atoms with E-state index in [1.165, 1.54) is 60.6 Å². The van der Waals surface area contributed by atoms with E-state index in [9.17, 15) is 18.3 Å². The average Bonchev–Trinajstić information content (AvgIpc) is 2.77. The molecule has 152 valence electrons. The van der Waals surface area contributed by atoms with Crippen molar-refractivity contribution in [1.29, 1.82) is 0 Å². The first-order valence-electron chi connectivity index (χ1n) is 8.92. The summed E-state index contributed by atoms with van der Waals surface area (Å²) in [5, 5.41) is 14.7. The van der Waals surface area contributed by atoms with Crippen LogP contribution in [0.25, 0.3) is 10.8 Å². The molecule has 0 saturated carbocycles. The van der Waals surface area contributed by atoms with E-state index in [-0.39, 0.29) is 22.1 Å². The minimum Gasteiger partial charge on any atom is -0.506 e. The predicted molar refractivity (Wildman–Crippen MR) is 109 cm³/mol. The van der Waals surface area contributed by atoms with Crippen LogP contribution in [-0.2, 0) is 16.4 Å². The molecule has 0 amide bonds. The molecule has 0 aliphatic carbocycles. The van der Waals surface area contributed by atoms with Crippen molar-refractivity contribution in [3.8, 4) is 11.5 Å². The molecule has 1 N–H and O–H groups in total. The zero-order valence-electron chi connectivity index (χ0n) is 15.9. The van der Waals surface area contributed by atoms with Crippen LogP contribution in [0.2, 0.25) is 0 Å². The molecule has 30 heavy (non-hydrogen) atoms. The van der Waals surface area contributed by atoms with E-state index in [4.69, 9.17) is 4.74 Å². The summed E-state index contributed by atoms with van der Waals surface area (Å²) in [5.74, 6) is 0.517. The molecule has 2 heterocycles. The molecule has 4 rings (SSSR count). The third-order valence-electron chi connectivity index (χ3n) is 4.67. The fourth-order valence-electron chi connectivity index (χ4n) is 3.03. The lowest BCUT2D eigenvalue weighted by Crippen LogP contribution is -2.23. The lowest BCUT2D eigenvalue weighted by Gasteiger charge is -2.09. The number of sulfone groups is 1. The number of hydrogen-bond acceptors (Lipinski definition) is 7. The lowest BCUT2D eigenvalue weighted by molar-refractivity contribution is 0.414. The van der Waals surface area contributed by atoms with Crippen molar-refractivity contribution in [2.75, 3.05) is 7.11 Å². The van der Waals surface area contributed by atoms with Crippen LogP contribution in [0.15, 0.2) is 81.6 Å². The fourth-order valence-corrected chi connectivity index (χ4v) is 4.33. The maximum Gasteiger partial charge on any atom is 0.274 e. The highest BCUT2D eigenvalue weighted by Gasteiger charge is 2.19. The van der Waals surface area contributed by atoms with Gasteiger partial charge in [0.05, 0.1) is 35.0 Å². The Morgan fingerprint density at radius 3 is 2.50 bits per heavy atom. The largest absolute Gasteiger partial charge is 0.506 e. The number of fused-ring (bicyclic) bond motifs is 1. The van der Waals surface area contributed by atoms with E-state index < -0.39 is 15.4 Å². The van der Waals surface area contributed by atoms with Crippen molar-refractivity contribution < 1.29 is 18.3 Å². The topological polar surface area (TPSA) is 111 Å². The number of rotatable bonds is 5. The number of ether oxygens (including phenoxy) is 1. The molecule has 0 atom stereocenters. The van der Waals surface area contributed by atoms with Crippen molar-refractivity contribution in [2.24, 2.45) is 0 Å². The highest BCUT2D eigenvalue weighted by molar-refractivity contribution is 7.91. The van der Waals surface area contributed by atoms with Gasteiger partial charge in [-0.2, -0.15) is 5.10 Å². The smallest absolute Gasteiger partial charge is 0.274 e. The Bertz CT molecular complexity index is 1400. The molecule has 0 bridgehead atoms. The molecule has 0 aliphatic heterocycles. The van der Waals surface area contributed by atoms with Gasteiger partial charge in [0.1, 0.15) is 17.2 Å². The summed E-state index contributed by atoms with van der Waals surface area (Å²) in [5.41, 5.74) is -0.101. The summed E-state index contributed by atoms with van der Waals surface area (Å²) in [6, 6.07) is 13.4. The molecule has 2 aromatic heterocycles. The van der Waals surface area contributed by atoms with Crippen LogP contribution in [0.3, 0.4) is 0 Å². The van der Waals surface area contributed by atoms with Gasteiger partial charge in [-0.05, 0) is 54.6 Å². The molecule has 2 aromatic carbocycles. The normalized spacial score (nSPS) is 11.5. The van der Waals surface area contributed by atoms with E-state index in [2.05, 4.69) is 10.1 Å². The minimum atomic E-state index is -3.77. The summed E-state index contributed by atoms with van der Waals surface area (Å²) >= 11 is 0. The Labute approximate surface area is 171 Å².